The molecule has 0 aliphatic rings. The first-order chi connectivity index (χ1) is 12.5. The smallest absolute Gasteiger partial charge is 0.216 e. The first-order valence-electron chi connectivity index (χ1n) is 9.25. The molecule has 0 amide bonds. The second-order valence-corrected chi connectivity index (χ2v) is 7.14. The Labute approximate surface area is 179 Å². The van der Waals surface area contributed by atoms with Crippen molar-refractivity contribution in [3.8, 4) is 0 Å². The average molecular weight is 485 g/mol. The summed E-state index contributed by atoms with van der Waals surface area (Å²) in [6, 6.07) is 10.2. The molecule has 0 aliphatic heterocycles. The van der Waals surface area contributed by atoms with Crippen molar-refractivity contribution in [3.63, 3.8) is 0 Å². The van der Waals surface area contributed by atoms with Crippen molar-refractivity contribution in [2.75, 3.05) is 25.0 Å². The molecule has 1 heterocycles. The molecule has 0 fully saturated rings. The van der Waals surface area contributed by atoms with Gasteiger partial charge in [-0.2, -0.15) is 0 Å². The fraction of sp³-hybridized carbons (Fsp3) is 0.500. The number of hydrogen-bond donors (Lipinski definition) is 3. The SMILES string of the molecule is CCNC(=NCc1ncc(C(C)(C)C)o1)NCCCNc1ccccc1.I. The number of nitrogens with one attached hydrogen (secondary N) is 3. The molecule has 0 radical (unpaired) electrons. The molecule has 1 aromatic heterocycles. The van der Waals surface area contributed by atoms with E-state index in [2.05, 4.69) is 65.8 Å². The molecule has 7 heteroatoms. The van der Waals surface area contributed by atoms with Gasteiger partial charge in [0.25, 0.3) is 0 Å². The summed E-state index contributed by atoms with van der Waals surface area (Å²) in [5.74, 6) is 2.30. The minimum Gasteiger partial charge on any atom is -0.443 e. The van der Waals surface area contributed by atoms with E-state index in [0.29, 0.717) is 12.4 Å². The fourth-order valence-electron chi connectivity index (χ4n) is 2.30. The molecule has 6 nitrogen and oxygen atoms in total. The predicted octanol–water partition coefficient (Wildman–Crippen LogP) is 4.15. The van der Waals surface area contributed by atoms with Crippen molar-refractivity contribution in [3.05, 3.63) is 48.2 Å². The normalized spacial score (nSPS) is 11.6. The molecule has 0 saturated heterocycles. The second kappa shape index (κ2) is 11.8. The highest BCUT2D eigenvalue weighted by Crippen LogP contribution is 2.22. The predicted molar refractivity (Wildman–Crippen MR) is 123 cm³/mol. The van der Waals surface area contributed by atoms with E-state index in [1.54, 1.807) is 6.20 Å². The van der Waals surface area contributed by atoms with Gasteiger partial charge in [0.05, 0.1) is 6.20 Å². The Morgan fingerprint density at radius 3 is 2.48 bits per heavy atom. The molecule has 1 aromatic carbocycles. The molecular formula is C20H32IN5O. The second-order valence-electron chi connectivity index (χ2n) is 7.14. The Bertz CT molecular complexity index is 679. The monoisotopic (exact) mass is 485 g/mol. The fourth-order valence-corrected chi connectivity index (χ4v) is 2.30. The van der Waals surface area contributed by atoms with Crippen LogP contribution in [0.15, 0.2) is 45.9 Å². The van der Waals surface area contributed by atoms with E-state index in [1.807, 2.05) is 18.2 Å². The highest BCUT2D eigenvalue weighted by Gasteiger charge is 2.18. The van der Waals surface area contributed by atoms with Gasteiger partial charge in [-0.05, 0) is 25.5 Å². The van der Waals surface area contributed by atoms with Crippen LogP contribution < -0.4 is 16.0 Å². The lowest BCUT2D eigenvalue weighted by atomic mass is 9.94. The zero-order chi connectivity index (χ0) is 18.8. The number of anilines is 1. The van der Waals surface area contributed by atoms with Crippen molar-refractivity contribution < 1.29 is 4.42 Å². The number of rotatable bonds is 8. The van der Waals surface area contributed by atoms with Crippen molar-refractivity contribution in [1.29, 1.82) is 0 Å². The van der Waals surface area contributed by atoms with Gasteiger partial charge in [-0.15, -0.1) is 24.0 Å². The Balaban J connectivity index is 0.00000364. The number of halogens is 1. The van der Waals surface area contributed by atoms with Crippen LogP contribution in [-0.2, 0) is 12.0 Å². The third kappa shape index (κ3) is 8.64. The van der Waals surface area contributed by atoms with Crippen LogP contribution in [0, 0.1) is 0 Å². The van der Waals surface area contributed by atoms with Gasteiger partial charge < -0.3 is 20.4 Å². The van der Waals surface area contributed by atoms with Gasteiger partial charge in [0.15, 0.2) is 5.96 Å². The molecule has 0 unspecified atom stereocenters. The molecule has 0 saturated carbocycles. The van der Waals surface area contributed by atoms with Crippen LogP contribution in [0.1, 0.15) is 45.8 Å². The number of nitrogens with zero attached hydrogens (tertiary/aromatic N) is 2. The lowest BCUT2D eigenvalue weighted by molar-refractivity contribution is 0.383. The minimum atomic E-state index is -0.0382. The third-order valence-electron chi connectivity index (χ3n) is 3.76. The Morgan fingerprint density at radius 1 is 1.11 bits per heavy atom. The molecule has 3 N–H and O–H groups in total. The van der Waals surface area contributed by atoms with E-state index in [-0.39, 0.29) is 29.4 Å². The number of aliphatic imine (C=N–C) groups is 1. The van der Waals surface area contributed by atoms with Gasteiger partial charge in [0.2, 0.25) is 5.89 Å². The maximum absolute atomic E-state index is 5.78. The van der Waals surface area contributed by atoms with Gasteiger partial charge >= 0.3 is 0 Å². The van der Waals surface area contributed by atoms with E-state index >= 15 is 0 Å². The molecule has 2 rings (SSSR count). The van der Waals surface area contributed by atoms with E-state index in [9.17, 15) is 0 Å². The molecule has 0 aliphatic carbocycles. The maximum atomic E-state index is 5.78. The number of hydrogen-bond acceptors (Lipinski definition) is 4. The van der Waals surface area contributed by atoms with Gasteiger partial charge in [0.1, 0.15) is 12.3 Å². The molecule has 0 atom stereocenters. The van der Waals surface area contributed by atoms with Gasteiger partial charge in [-0.25, -0.2) is 9.98 Å². The van der Waals surface area contributed by atoms with Crippen molar-refractivity contribution in [2.24, 2.45) is 4.99 Å². The number of benzene rings is 1. The molecule has 0 bridgehead atoms. The first-order valence-corrected chi connectivity index (χ1v) is 9.25. The lowest BCUT2D eigenvalue weighted by Crippen LogP contribution is -2.38. The summed E-state index contributed by atoms with van der Waals surface area (Å²) in [5, 5.41) is 9.99. The van der Waals surface area contributed by atoms with Crippen LogP contribution in [0.5, 0.6) is 0 Å². The highest BCUT2D eigenvalue weighted by molar-refractivity contribution is 14.0. The Kier molecular flexibility index (Phi) is 10.2. The maximum Gasteiger partial charge on any atom is 0.216 e. The summed E-state index contributed by atoms with van der Waals surface area (Å²) in [7, 11) is 0. The van der Waals surface area contributed by atoms with Crippen molar-refractivity contribution in [1.82, 2.24) is 15.6 Å². The molecule has 2 aromatic rings. The van der Waals surface area contributed by atoms with Crippen LogP contribution in [0.25, 0.3) is 0 Å². The van der Waals surface area contributed by atoms with Crippen LogP contribution in [0.4, 0.5) is 5.69 Å². The number of oxazole rings is 1. The summed E-state index contributed by atoms with van der Waals surface area (Å²) in [4.78, 5) is 8.87. The summed E-state index contributed by atoms with van der Waals surface area (Å²) in [6.45, 7) is 11.4. The molecule has 150 valence electrons. The topological polar surface area (TPSA) is 74.5 Å². The largest absolute Gasteiger partial charge is 0.443 e. The van der Waals surface area contributed by atoms with Crippen LogP contribution >= 0.6 is 24.0 Å². The van der Waals surface area contributed by atoms with Gasteiger partial charge in [-0.3, -0.25) is 0 Å². The molecule has 27 heavy (non-hydrogen) atoms. The highest BCUT2D eigenvalue weighted by atomic mass is 127. The number of para-hydroxylation sites is 1. The van der Waals surface area contributed by atoms with E-state index in [1.165, 1.54) is 0 Å². The summed E-state index contributed by atoms with van der Waals surface area (Å²) >= 11 is 0. The lowest BCUT2D eigenvalue weighted by Gasteiger charge is -2.13. The molecule has 0 spiro atoms. The van der Waals surface area contributed by atoms with E-state index in [4.69, 9.17) is 4.42 Å². The first kappa shape index (κ1) is 23.3. The zero-order valence-electron chi connectivity index (χ0n) is 16.7. The van der Waals surface area contributed by atoms with E-state index < -0.39 is 0 Å². The quantitative estimate of drug-likeness (QED) is 0.227. The zero-order valence-corrected chi connectivity index (χ0v) is 19.0. The van der Waals surface area contributed by atoms with Crippen LogP contribution in [0.3, 0.4) is 0 Å². The minimum absolute atomic E-state index is 0. The van der Waals surface area contributed by atoms with Crippen molar-refractivity contribution in [2.45, 2.75) is 46.1 Å². The van der Waals surface area contributed by atoms with Gasteiger partial charge in [-0.1, -0.05) is 39.0 Å². The van der Waals surface area contributed by atoms with Crippen molar-refractivity contribution >= 4 is 35.6 Å². The van der Waals surface area contributed by atoms with Gasteiger partial charge in [0, 0.05) is 30.7 Å². The number of aromatic nitrogens is 1. The number of guanidine groups is 1. The summed E-state index contributed by atoms with van der Waals surface area (Å²) in [5.41, 5.74) is 1.11. The summed E-state index contributed by atoms with van der Waals surface area (Å²) < 4.78 is 5.78. The van der Waals surface area contributed by atoms with E-state index in [0.717, 1.165) is 43.5 Å². The standard InChI is InChI=1S/C20H31N5O.HI/c1-5-21-19(23-13-9-12-22-16-10-7-6-8-11-16)25-15-18-24-14-17(26-18)20(2,3)4;/h6-8,10-11,14,22H,5,9,12-13,15H2,1-4H3,(H2,21,23,25);1H. The third-order valence-corrected chi connectivity index (χ3v) is 3.76. The molecular weight excluding hydrogens is 453 g/mol. The summed E-state index contributed by atoms with van der Waals surface area (Å²) in [6.07, 6.45) is 2.78. The average Bonchev–Trinajstić information content (AvgIpc) is 3.09. The van der Waals surface area contributed by atoms with Crippen LogP contribution in [-0.4, -0.2) is 30.6 Å². The Hall–Kier alpha value is -1.77. The van der Waals surface area contributed by atoms with Crippen LogP contribution in [0.2, 0.25) is 0 Å². The Morgan fingerprint density at radius 2 is 1.85 bits per heavy atom.